The van der Waals surface area contributed by atoms with E-state index in [-0.39, 0.29) is 0 Å². The molecule has 0 saturated heterocycles. The maximum atomic E-state index is 6.06. The number of benzene rings is 6. The van der Waals surface area contributed by atoms with Gasteiger partial charge in [0.15, 0.2) is 0 Å². The highest BCUT2D eigenvalue weighted by molar-refractivity contribution is 5.95. The summed E-state index contributed by atoms with van der Waals surface area (Å²) in [7, 11) is 0. The highest BCUT2D eigenvalue weighted by atomic mass is 15.0. The Labute approximate surface area is 331 Å². The number of rotatable bonds is 10. The minimum Gasteiger partial charge on any atom is -0.397 e. The molecule has 0 amide bonds. The van der Waals surface area contributed by atoms with Gasteiger partial charge < -0.3 is 32.7 Å². The van der Waals surface area contributed by atoms with E-state index in [9.17, 15) is 0 Å². The van der Waals surface area contributed by atoms with Crippen LogP contribution in [0.1, 0.15) is 64.2 Å². The summed E-state index contributed by atoms with van der Waals surface area (Å²) < 4.78 is 0. The molecule has 0 aliphatic heterocycles. The predicted octanol–water partition coefficient (Wildman–Crippen LogP) is 13.6. The van der Waals surface area contributed by atoms with Crippen LogP contribution < -0.4 is 32.7 Å². The zero-order chi connectivity index (χ0) is 38.4. The van der Waals surface area contributed by atoms with E-state index in [2.05, 4.69) is 81.9 Å². The lowest BCUT2D eigenvalue weighted by molar-refractivity contribution is 0.666. The van der Waals surface area contributed by atoms with Gasteiger partial charge in [0.05, 0.1) is 45.5 Å². The summed E-state index contributed by atoms with van der Waals surface area (Å²) in [6.07, 6.45) is 12.0. The normalized spacial score (nSPS) is 13.8. The van der Waals surface area contributed by atoms with E-state index in [1.54, 1.807) is 6.07 Å². The molecule has 56 heavy (non-hydrogen) atoms. The van der Waals surface area contributed by atoms with Crippen molar-refractivity contribution >= 4 is 79.7 Å². The molecular weight excluding hydrogens is 689 g/mol. The van der Waals surface area contributed by atoms with Crippen molar-refractivity contribution in [1.82, 2.24) is 0 Å². The molecule has 2 fully saturated rings. The second-order valence-corrected chi connectivity index (χ2v) is 14.4. The first-order valence-corrected chi connectivity index (χ1v) is 19.8. The lowest BCUT2D eigenvalue weighted by Crippen LogP contribution is -2.05. The molecule has 2 saturated carbocycles. The van der Waals surface area contributed by atoms with Gasteiger partial charge in [0.25, 0.3) is 0 Å². The van der Waals surface area contributed by atoms with Gasteiger partial charge in [0.2, 0.25) is 0 Å². The Balaban J connectivity index is 0.000000189. The fourth-order valence-electron chi connectivity index (χ4n) is 7.01. The van der Waals surface area contributed by atoms with Gasteiger partial charge in [0.1, 0.15) is 0 Å². The number of nitrogens with one attached hydrogen (secondary N) is 4. The van der Waals surface area contributed by atoms with Crippen LogP contribution >= 0.6 is 0 Å². The molecule has 2 aliphatic carbocycles. The van der Waals surface area contributed by atoms with Crippen molar-refractivity contribution in [3.05, 3.63) is 146 Å². The largest absolute Gasteiger partial charge is 0.397 e. The first kappa shape index (κ1) is 37.8. The minimum atomic E-state index is 0.611. The predicted molar refractivity (Wildman–Crippen MR) is 241 cm³/mol. The zero-order valence-corrected chi connectivity index (χ0v) is 32.0. The second-order valence-electron chi connectivity index (χ2n) is 14.4. The summed E-state index contributed by atoms with van der Waals surface area (Å²) in [6.45, 7) is 0. The second kappa shape index (κ2) is 19.2. The molecule has 0 atom stereocenters. The van der Waals surface area contributed by atoms with E-state index in [0.29, 0.717) is 11.4 Å². The number of hydrogen-bond donors (Lipinski definition) is 6. The third kappa shape index (κ3) is 10.8. The number of nitrogen functional groups attached to an aromatic ring is 2. The molecule has 0 aromatic heterocycles. The van der Waals surface area contributed by atoms with Crippen molar-refractivity contribution in [1.29, 1.82) is 0 Å². The summed E-state index contributed by atoms with van der Waals surface area (Å²) in [6, 6.07) is 48.5. The average Bonchev–Trinajstić information content (AvgIpc) is 3.24. The molecular formula is C48H52N8. The first-order valence-electron chi connectivity index (χ1n) is 19.8. The molecule has 8 nitrogen and oxygen atoms in total. The molecule has 8 N–H and O–H groups in total. The van der Waals surface area contributed by atoms with E-state index in [1.807, 2.05) is 78.9 Å². The topological polar surface area (TPSA) is 125 Å². The van der Waals surface area contributed by atoms with Crippen LogP contribution in [0.3, 0.4) is 0 Å². The van der Waals surface area contributed by atoms with E-state index >= 15 is 0 Å². The number of nitrogens with two attached hydrogens (primary N) is 2. The summed E-state index contributed by atoms with van der Waals surface area (Å²) >= 11 is 0. The Kier molecular flexibility index (Phi) is 12.9. The fourth-order valence-corrected chi connectivity index (χ4v) is 7.01. The van der Waals surface area contributed by atoms with E-state index in [0.717, 1.165) is 82.6 Å². The maximum absolute atomic E-state index is 6.06. The average molecular weight is 741 g/mol. The van der Waals surface area contributed by atoms with Crippen LogP contribution in [0.25, 0.3) is 0 Å². The van der Waals surface area contributed by atoms with Crippen LogP contribution in [-0.2, 0) is 0 Å². The van der Waals surface area contributed by atoms with Gasteiger partial charge in [0, 0.05) is 34.2 Å². The summed E-state index contributed by atoms with van der Waals surface area (Å²) in [5, 5.41) is 13.9. The standard InChI is InChI=1S/C30H34N4.C18H18N4/c1-5-13-23(14-6-1)31-27-21-29(33-25-17-9-3-10-18-25)30(34-26-19-11-4-12-20-26)22-28(27)32-24-15-7-2-8-16-24;19-15-11-16(20)18(22-14-9-5-2-6-10-14)12-17(15)21-13-7-3-1-4-8-13/h1,3,5-6,9-10,13-14,17-18,21-22,31,33H,2,4,7-8,11-12,15-16,19-20H2;1-12,21-22H,19-20H2. The molecule has 8 heteroatoms. The third-order valence-electron chi connectivity index (χ3n) is 9.97. The van der Waals surface area contributed by atoms with Crippen molar-refractivity contribution in [3.8, 4) is 0 Å². The van der Waals surface area contributed by atoms with Gasteiger partial charge >= 0.3 is 0 Å². The van der Waals surface area contributed by atoms with Gasteiger partial charge in [-0.2, -0.15) is 0 Å². The van der Waals surface area contributed by atoms with Gasteiger partial charge in [-0.1, -0.05) is 85.6 Å². The SMILES string of the molecule is Nc1cc(N)c(Nc2ccccc2)cc1Nc1ccccc1.c1ccc(Nc2cc(Nc3ccccc3)c(N=C3CCCCC3)cc2N=C2CCCCC2)cc1. The Morgan fingerprint density at radius 2 is 0.643 bits per heavy atom. The van der Waals surface area contributed by atoms with Crippen LogP contribution in [-0.4, -0.2) is 11.4 Å². The van der Waals surface area contributed by atoms with E-state index in [1.165, 1.54) is 49.9 Å². The summed E-state index contributed by atoms with van der Waals surface area (Å²) in [5.74, 6) is 0. The lowest BCUT2D eigenvalue weighted by Gasteiger charge is -2.19. The molecule has 2 aliphatic rings. The number of anilines is 10. The van der Waals surface area contributed by atoms with Gasteiger partial charge in [-0.3, -0.25) is 9.98 Å². The van der Waals surface area contributed by atoms with Crippen molar-refractivity contribution in [2.24, 2.45) is 9.98 Å². The van der Waals surface area contributed by atoms with Crippen LogP contribution in [0.4, 0.5) is 68.2 Å². The van der Waals surface area contributed by atoms with Crippen LogP contribution in [0.15, 0.2) is 156 Å². The van der Waals surface area contributed by atoms with Crippen LogP contribution in [0, 0.1) is 0 Å². The Hall–Kier alpha value is -6.54. The first-order chi connectivity index (χ1) is 27.6. The number of hydrogen-bond acceptors (Lipinski definition) is 8. The fraction of sp³-hybridized carbons (Fsp3) is 0.208. The molecule has 0 radical (unpaired) electrons. The molecule has 284 valence electrons. The molecule has 0 spiro atoms. The monoisotopic (exact) mass is 740 g/mol. The van der Waals surface area contributed by atoms with Crippen LogP contribution in [0.2, 0.25) is 0 Å². The van der Waals surface area contributed by atoms with E-state index in [4.69, 9.17) is 21.5 Å². The van der Waals surface area contributed by atoms with Gasteiger partial charge in [-0.15, -0.1) is 0 Å². The maximum Gasteiger partial charge on any atom is 0.0886 e. The van der Waals surface area contributed by atoms with Crippen LogP contribution in [0.5, 0.6) is 0 Å². The Bertz CT molecular complexity index is 2050. The van der Waals surface area contributed by atoms with Crippen molar-refractivity contribution in [3.63, 3.8) is 0 Å². The third-order valence-corrected chi connectivity index (χ3v) is 9.97. The Morgan fingerprint density at radius 3 is 0.982 bits per heavy atom. The molecule has 0 bridgehead atoms. The quantitative estimate of drug-likeness (QED) is 0.0777. The van der Waals surface area contributed by atoms with Gasteiger partial charge in [-0.05, 0) is 124 Å². The zero-order valence-electron chi connectivity index (χ0n) is 32.0. The van der Waals surface area contributed by atoms with Gasteiger partial charge in [-0.25, -0.2) is 0 Å². The number of nitrogens with zero attached hydrogens (tertiary/aromatic N) is 2. The highest BCUT2D eigenvalue weighted by Crippen LogP contribution is 2.41. The minimum absolute atomic E-state index is 0.611. The highest BCUT2D eigenvalue weighted by Gasteiger charge is 2.15. The number of aliphatic imine (C=N–C) groups is 2. The van der Waals surface area contributed by atoms with Crippen molar-refractivity contribution in [2.75, 3.05) is 32.7 Å². The summed E-state index contributed by atoms with van der Waals surface area (Å²) in [5.41, 5.74) is 25.7. The molecule has 0 unspecified atom stereocenters. The lowest BCUT2D eigenvalue weighted by atomic mass is 9.98. The van der Waals surface area contributed by atoms with Crippen molar-refractivity contribution in [2.45, 2.75) is 64.2 Å². The molecule has 6 aromatic carbocycles. The summed E-state index contributed by atoms with van der Waals surface area (Å²) in [4.78, 5) is 10.3. The molecule has 6 aromatic rings. The van der Waals surface area contributed by atoms with E-state index < -0.39 is 0 Å². The molecule has 8 rings (SSSR count). The van der Waals surface area contributed by atoms with Crippen molar-refractivity contribution < 1.29 is 0 Å². The number of para-hydroxylation sites is 4. The Morgan fingerprint density at radius 1 is 0.339 bits per heavy atom. The smallest absolute Gasteiger partial charge is 0.0886 e. The molecule has 0 heterocycles.